The van der Waals surface area contributed by atoms with Gasteiger partial charge < -0.3 is 4.98 Å². The van der Waals surface area contributed by atoms with Gasteiger partial charge in [-0.1, -0.05) is 23.7 Å². The number of nitrogens with one attached hydrogen (secondary N) is 1. The number of aromatic nitrogens is 3. The molecule has 0 saturated heterocycles. The SMILES string of the molecule is Cc1nn2c(=O)cc(-c3ccc(F)cc3)[nH]c2c1-c1ccc(Cl)cc1. The minimum atomic E-state index is -0.325. The number of halogens is 2. The molecule has 0 unspecified atom stereocenters. The highest BCUT2D eigenvalue weighted by molar-refractivity contribution is 6.30. The van der Waals surface area contributed by atoms with Gasteiger partial charge in [0.1, 0.15) is 11.5 Å². The van der Waals surface area contributed by atoms with E-state index in [0.717, 1.165) is 22.4 Å². The fourth-order valence-corrected chi connectivity index (χ4v) is 3.02. The molecule has 0 fully saturated rings. The van der Waals surface area contributed by atoms with Gasteiger partial charge in [0.2, 0.25) is 0 Å². The molecule has 2 aromatic heterocycles. The summed E-state index contributed by atoms with van der Waals surface area (Å²) in [5.74, 6) is -0.325. The lowest BCUT2D eigenvalue weighted by atomic mass is 10.1. The highest BCUT2D eigenvalue weighted by Gasteiger charge is 2.15. The summed E-state index contributed by atoms with van der Waals surface area (Å²) in [6, 6.07) is 14.8. The van der Waals surface area contributed by atoms with Crippen LogP contribution in [0.3, 0.4) is 0 Å². The van der Waals surface area contributed by atoms with E-state index in [0.29, 0.717) is 16.4 Å². The van der Waals surface area contributed by atoms with E-state index in [1.54, 1.807) is 24.3 Å². The van der Waals surface area contributed by atoms with Crippen molar-refractivity contribution in [2.45, 2.75) is 6.92 Å². The average Bonchev–Trinajstić information content (AvgIpc) is 2.93. The molecule has 124 valence electrons. The lowest BCUT2D eigenvalue weighted by molar-refractivity contribution is 0.628. The second-order valence-electron chi connectivity index (χ2n) is 5.76. The average molecular weight is 354 g/mol. The fraction of sp³-hybridized carbons (Fsp3) is 0.0526. The van der Waals surface area contributed by atoms with E-state index in [4.69, 9.17) is 11.6 Å². The Morgan fingerprint density at radius 2 is 1.68 bits per heavy atom. The molecule has 0 atom stereocenters. The second kappa shape index (κ2) is 5.86. The fourth-order valence-electron chi connectivity index (χ4n) is 2.90. The topological polar surface area (TPSA) is 50.2 Å². The number of fused-ring (bicyclic) bond motifs is 1. The number of aromatic amines is 1. The molecule has 4 nitrogen and oxygen atoms in total. The van der Waals surface area contributed by atoms with Crippen molar-refractivity contribution < 1.29 is 4.39 Å². The minimum absolute atomic E-state index is 0.253. The molecule has 1 N–H and O–H groups in total. The maximum absolute atomic E-state index is 13.2. The molecule has 2 heterocycles. The van der Waals surface area contributed by atoms with Gasteiger partial charge in [0.25, 0.3) is 5.56 Å². The molecule has 0 bridgehead atoms. The predicted molar refractivity (Wildman–Crippen MR) is 96.4 cm³/mol. The summed E-state index contributed by atoms with van der Waals surface area (Å²) < 4.78 is 14.5. The van der Waals surface area contributed by atoms with E-state index >= 15 is 0 Å². The van der Waals surface area contributed by atoms with Crippen LogP contribution in [0.25, 0.3) is 28.0 Å². The van der Waals surface area contributed by atoms with Gasteiger partial charge in [-0.15, -0.1) is 0 Å². The number of aryl methyl sites for hydroxylation is 1. The summed E-state index contributed by atoms with van der Waals surface area (Å²) in [5, 5.41) is 4.98. The van der Waals surface area contributed by atoms with Crippen LogP contribution in [-0.2, 0) is 0 Å². The van der Waals surface area contributed by atoms with Crippen LogP contribution >= 0.6 is 11.6 Å². The monoisotopic (exact) mass is 353 g/mol. The van der Waals surface area contributed by atoms with E-state index < -0.39 is 0 Å². The van der Waals surface area contributed by atoms with Gasteiger partial charge in [-0.25, -0.2) is 4.39 Å². The first-order valence-electron chi connectivity index (χ1n) is 7.67. The molecular formula is C19H13ClFN3O. The number of rotatable bonds is 2. The molecule has 0 spiro atoms. The number of hydrogen-bond acceptors (Lipinski definition) is 2. The second-order valence-corrected chi connectivity index (χ2v) is 6.19. The Bertz CT molecular complexity index is 1130. The van der Waals surface area contributed by atoms with Crippen LogP contribution in [0.1, 0.15) is 5.69 Å². The van der Waals surface area contributed by atoms with Gasteiger partial charge in [-0.05, 0) is 54.4 Å². The smallest absolute Gasteiger partial charge is 0.274 e. The van der Waals surface area contributed by atoms with E-state index in [9.17, 15) is 9.18 Å². The molecule has 0 saturated carbocycles. The summed E-state index contributed by atoms with van der Waals surface area (Å²) in [7, 11) is 0. The van der Waals surface area contributed by atoms with Crippen molar-refractivity contribution >= 4 is 17.2 Å². The van der Waals surface area contributed by atoms with Gasteiger partial charge >= 0.3 is 0 Å². The first-order chi connectivity index (χ1) is 12.0. The highest BCUT2D eigenvalue weighted by Crippen LogP contribution is 2.28. The first-order valence-corrected chi connectivity index (χ1v) is 8.05. The summed E-state index contributed by atoms with van der Waals surface area (Å²) in [6.07, 6.45) is 0. The van der Waals surface area contributed by atoms with Crippen LogP contribution in [0.4, 0.5) is 4.39 Å². The van der Waals surface area contributed by atoms with E-state index in [2.05, 4.69) is 10.1 Å². The molecule has 25 heavy (non-hydrogen) atoms. The molecule has 4 rings (SSSR count). The molecular weight excluding hydrogens is 341 g/mol. The third-order valence-corrected chi connectivity index (χ3v) is 4.33. The summed E-state index contributed by atoms with van der Waals surface area (Å²) in [4.78, 5) is 15.7. The number of H-pyrrole nitrogens is 1. The summed E-state index contributed by atoms with van der Waals surface area (Å²) in [6.45, 7) is 1.85. The van der Waals surface area contributed by atoms with E-state index in [1.165, 1.54) is 22.7 Å². The van der Waals surface area contributed by atoms with Crippen LogP contribution < -0.4 is 5.56 Å². The lowest BCUT2D eigenvalue weighted by Gasteiger charge is -2.05. The Labute approximate surface area is 147 Å². The van der Waals surface area contributed by atoms with Gasteiger partial charge in [0.15, 0.2) is 0 Å². The lowest BCUT2D eigenvalue weighted by Crippen LogP contribution is -2.14. The molecule has 0 radical (unpaired) electrons. The zero-order chi connectivity index (χ0) is 17.6. The zero-order valence-corrected chi connectivity index (χ0v) is 14.0. The van der Waals surface area contributed by atoms with Gasteiger partial charge in [0.05, 0.1) is 11.4 Å². The van der Waals surface area contributed by atoms with Crippen LogP contribution in [0.15, 0.2) is 59.4 Å². The maximum atomic E-state index is 13.2. The van der Waals surface area contributed by atoms with Crippen LogP contribution in [0, 0.1) is 12.7 Å². The van der Waals surface area contributed by atoms with Crippen molar-refractivity contribution in [3.8, 4) is 22.4 Å². The van der Waals surface area contributed by atoms with Crippen molar-refractivity contribution in [1.82, 2.24) is 14.6 Å². The molecule has 0 aliphatic heterocycles. The van der Waals surface area contributed by atoms with Crippen molar-refractivity contribution in [1.29, 1.82) is 0 Å². The van der Waals surface area contributed by atoms with Crippen LogP contribution in [-0.4, -0.2) is 14.6 Å². The number of benzene rings is 2. The molecule has 0 amide bonds. The van der Waals surface area contributed by atoms with Crippen molar-refractivity contribution in [3.63, 3.8) is 0 Å². The third-order valence-electron chi connectivity index (χ3n) is 4.08. The summed E-state index contributed by atoms with van der Waals surface area (Å²) in [5.41, 5.74) is 4.13. The molecule has 6 heteroatoms. The van der Waals surface area contributed by atoms with Crippen molar-refractivity contribution in [2.24, 2.45) is 0 Å². The molecule has 0 aliphatic rings. The van der Waals surface area contributed by atoms with Crippen LogP contribution in [0.5, 0.6) is 0 Å². The normalized spacial score (nSPS) is 11.2. The van der Waals surface area contributed by atoms with Crippen molar-refractivity contribution in [2.75, 3.05) is 0 Å². The Balaban J connectivity index is 1.98. The number of hydrogen-bond donors (Lipinski definition) is 1. The Hall–Kier alpha value is -2.92. The Morgan fingerprint density at radius 3 is 2.36 bits per heavy atom. The molecule has 4 aromatic rings. The van der Waals surface area contributed by atoms with E-state index in [1.807, 2.05) is 19.1 Å². The van der Waals surface area contributed by atoms with Gasteiger partial charge in [0, 0.05) is 16.7 Å². The standard InChI is InChI=1S/C19H13ClFN3O/c1-11-18(13-2-6-14(20)7-3-13)19-22-16(10-17(25)24(19)23-11)12-4-8-15(21)9-5-12/h2-10,22H,1H3. The van der Waals surface area contributed by atoms with Crippen molar-refractivity contribution in [3.05, 3.63) is 81.5 Å². The van der Waals surface area contributed by atoms with Gasteiger partial charge in [-0.3, -0.25) is 4.79 Å². The predicted octanol–water partition coefficient (Wildman–Crippen LogP) is 4.46. The Kier molecular flexibility index (Phi) is 3.66. The quantitative estimate of drug-likeness (QED) is 0.578. The third kappa shape index (κ3) is 2.72. The minimum Gasteiger partial charge on any atom is -0.339 e. The van der Waals surface area contributed by atoms with Gasteiger partial charge in [-0.2, -0.15) is 9.61 Å². The van der Waals surface area contributed by atoms with E-state index in [-0.39, 0.29) is 11.4 Å². The first kappa shape index (κ1) is 15.6. The Morgan fingerprint density at radius 1 is 1.04 bits per heavy atom. The highest BCUT2D eigenvalue weighted by atomic mass is 35.5. The maximum Gasteiger partial charge on any atom is 0.274 e. The zero-order valence-electron chi connectivity index (χ0n) is 13.3. The summed E-state index contributed by atoms with van der Waals surface area (Å²) >= 11 is 5.97. The molecule has 0 aliphatic carbocycles. The molecule has 2 aromatic carbocycles. The van der Waals surface area contributed by atoms with Crippen LogP contribution in [0.2, 0.25) is 5.02 Å². The number of nitrogens with zero attached hydrogens (tertiary/aromatic N) is 2. The largest absolute Gasteiger partial charge is 0.339 e.